The zero-order valence-corrected chi connectivity index (χ0v) is 22.1. The molecule has 1 aliphatic heterocycles. The number of nitrogens with two attached hydrogens (primary N) is 1. The Morgan fingerprint density at radius 2 is 1.85 bits per heavy atom. The third kappa shape index (κ3) is 5.20. The van der Waals surface area contributed by atoms with Gasteiger partial charge in [-0.1, -0.05) is 0 Å². The molecule has 0 bridgehead atoms. The summed E-state index contributed by atoms with van der Waals surface area (Å²) in [6.07, 6.45) is 11.0. The largest absolute Gasteiger partial charge is 0.497 e. The molecule has 0 saturated carbocycles. The number of aryl methyl sites for hydroxylation is 3. The summed E-state index contributed by atoms with van der Waals surface area (Å²) in [6.45, 7) is 4.01. The minimum Gasteiger partial charge on any atom is -0.497 e. The van der Waals surface area contributed by atoms with Crippen molar-refractivity contribution >= 4 is 11.7 Å². The van der Waals surface area contributed by atoms with Gasteiger partial charge in [-0.3, -0.25) is 14.7 Å². The number of rotatable bonds is 7. The number of piperazine rings is 1. The first-order valence-corrected chi connectivity index (χ1v) is 13.4. The molecule has 4 aromatic rings. The van der Waals surface area contributed by atoms with E-state index in [1.165, 1.54) is 15.8 Å². The van der Waals surface area contributed by atoms with Crippen LogP contribution in [0.25, 0.3) is 17.2 Å². The predicted molar refractivity (Wildman–Crippen MR) is 148 cm³/mol. The molecule has 10 nitrogen and oxygen atoms in total. The fraction of sp³-hybridized carbons (Fsp3) is 0.345. The van der Waals surface area contributed by atoms with Crippen LogP contribution in [0.4, 0.5) is 5.82 Å². The van der Waals surface area contributed by atoms with E-state index in [-0.39, 0.29) is 11.7 Å². The summed E-state index contributed by atoms with van der Waals surface area (Å²) >= 11 is 0. The molecular weight excluding hydrogens is 492 g/mol. The smallest absolute Gasteiger partial charge is 0.259 e. The Morgan fingerprint density at radius 3 is 2.64 bits per heavy atom. The summed E-state index contributed by atoms with van der Waals surface area (Å²) < 4.78 is 6.90. The van der Waals surface area contributed by atoms with E-state index in [0.29, 0.717) is 24.6 Å². The molecule has 2 N–H and O–H groups in total. The lowest BCUT2D eigenvalue weighted by molar-refractivity contribution is 0.0637. The van der Waals surface area contributed by atoms with Crippen LogP contribution in [0.15, 0.2) is 55.1 Å². The monoisotopic (exact) mass is 524 g/mol. The van der Waals surface area contributed by atoms with Crippen LogP contribution in [0.3, 0.4) is 0 Å². The molecule has 4 heterocycles. The van der Waals surface area contributed by atoms with Crippen LogP contribution < -0.4 is 10.5 Å². The Labute approximate surface area is 227 Å². The van der Waals surface area contributed by atoms with E-state index in [0.717, 1.165) is 67.9 Å². The van der Waals surface area contributed by atoms with Crippen molar-refractivity contribution in [2.75, 3.05) is 45.6 Å². The van der Waals surface area contributed by atoms with Gasteiger partial charge in [-0.05, 0) is 79.3 Å². The van der Waals surface area contributed by atoms with Crippen LogP contribution in [0.2, 0.25) is 0 Å². The standard InChI is InChI=1S/C29H32N8O2/c1-39-23-6-7-24-21(17-23)4-5-22-18-32-29(33-26(22)24)37-19-25(27(30)34-37)28(38)36-15-13-35(14-16-36)12-2-3-20-8-10-31-11-9-20/h6-11,17-19H,2-5,12-16H2,1H3,(H2,30,34). The first-order chi connectivity index (χ1) is 19.1. The lowest BCUT2D eigenvalue weighted by atomic mass is 9.90. The van der Waals surface area contributed by atoms with E-state index in [2.05, 4.69) is 38.2 Å². The molecule has 6 rings (SSSR count). The van der Waals surface area contributed by atoms with Gasteiger partial charge in [-0.15, -0.1) is 5.10 Å². The number of pyridine rings is 1. The Balaban J connectivity index is 1.11. The van der Waals surface area contributed by atoms with Gasteiger partial charge in [0.15, 0.2) is 5.82 Å². The number of carbonyl (C=O) groups excluding carboxylic acids is 1. The normalized spacial score (nSPS) is 15.1. The number of hydrogen-bond donors (Lipinski definition) is 1. The van der Waals surface area contributed by atoms with Gasteiger partial charge >= 0.3 is 0 Å². The number of fused-ring (bicyclic) bond motifs is 3. The van der Waals surface area contributed by atoms with Crippen molar-refractivity contribution in [3.8, 4) is 23.0 Å². The summed E-state index contributed by atoms with van der Waals surface area (Å²) in [5.41, 5.74) is 12.1. The summed E-state index contributed by atoms with van der Waals surface area (Å²) in [4.78, 5) is 31.0. The maximum atomic E-state index is 13.3. The van der Waals surface area contributed by atoms with Crippen LogP contribution in [0, 0.1) is 0 Å². The van der Waals surface area contributed by atoms with Crippen molar-refractivity contribution in [2.45, 2.75) is 25.7 Å². The first-order valence-electron chi connectivity index (χ1n) is 13.4. The van der Waals surface area contributed by atoms with Crippen LogP contribution in [-0.4, -0.2) is 80.3 Å². The number of benzene rings is 1. The average molecular weight is 525 g/mol. The number of ether oxygens (including phenoxy) is 1. The fourth-order valence-electron chi connectivity index (χ4n) is 5.38. The van der Waals surface area contributed by atoms with E-state index in [1.54, 1.807) is 13.3 Å². The molecule has 0 radical (unpaired) electrons. The molecule has 0 unspecified atom stereocenters. The molecule has 1 saturated heterocycles. The van der Waals surface area contributed by atoms with Crippen molar-refractivity contribution in [2.24, 2.45) is 0 Å². The van der Waals surface area contributed by atoms with Gasteiger partial charge in [0.1, 0.15) is 11.3 Å². The second-order valence-electron chi connectivity index (χ2n) is 10.0. The van der Waals surface area contributed by atoms with Gasteiger partial charge < -0.3 is 15.4 Å². The summed E-state index contributed by atoms with van der Waals surface area (Å²) in [6, 6.07) is 10.2. The van der Waals surface area contributed by atoms with Crippen molar-refractivity contribution in [3.05, 3.63) is 77.4 Å². The number of hydrogen-bond acceptors (Lipinski definition) is 8. The van der Waals surface area contributed by atoms with Crippen LogP contribution >= 0.6 is 0 Å². The van der Waals surface area contributed by atoms with E-state index < -0.39 is 0 Å². The van der Waals surface area contributed by atoms with Gasteiger partial charge in [0.25, 0.3) is 11.9 Å². The lowest BCUT2D eigenvalue weighted by Crippen LogP contribution is -2.48. The maximum absolute atomic E-state index is 13.3. The Morgan fingerprint density at radius 1 is 1.05 bits per heavy atom. The molecule has 3 aromatic heterocycles. The van der Waals surface area contributed by atoms with Gasteiger partial charge in [0, 0.05) is 56.5 Å². The molecule has 39 heavy (non-hydrogen) atoms. The molecule has 0 atom stereocenters. The zero-order valence-electron chi connectivity index (χ0n) is 22.1. The second kappa shape index (κ2) is 10.8. The van der Waals surface area contributed by atoms with Crippen LogP contribution in [0.5, 0.6) is 5.75 Å². The average Bonchev–Trinajstić information content (AvgIpc) is 3.38. The Kier molecular flexibility index (Phi) is 6.93. The Bertz CT molecular complexity index is 1480. The number of nitrogens with zero attached hydrogens (tertiary/aromatic N) is 7. The van der Waals surface area contributed by atoms with E-state index in [4.69, 9.17) is 15.5 Å². The highest BCUT2D eigenvalue weighted by Crippen LogP contribution is 2.34. The minimum atomic E-state index is -0.106. The second-order valence-corrected chi connectivity index (χ2v) is 10.0. The quantitative estimate of drug-likeness (QED) is 0.393. The highest BCUT2D eigenvalue weighted by atomic mass is 16.5. The number of aromatic nitrogens is 5. The topological polar surface area (TPSA) is 115 Å². The van der Waals surface area contributed by atoms with E-state index >= 15 is 0 Å². The number of anilines is 1. The summed E-state index contributed by atoms with van der Waals surface area (Å²) in [5, 5.41) is 4.40. The van der Waals surface area contributed by atoms with Crippen LogP contribution in [-0.2, 0) is 19.3 Å². The maximum Gasteiger partial charge on any atom is 0.259 e. The molecule has 10 heteroatoms. The van der Waals surface area contributed by atoms with Crippen molar-refractivity contribution in [1.29, 1.82) is 0 Å². The number of nitrogen functional groups attached to an aromatic ring is 1. The molecule has 2 aliphatic rings. The van der Waals surface area contributed by atoms with Gasteiger partial charge in [0.05, 0.1) is 12.8 Å². The molecule has 1 fully saturated rings. The lowest BCUT2D eigenvalue weighted by Gasteiger charge is -2.34. The number of methoxy groups -OCH3 is 1. The fourth-order valence-corrected chi connectivity index (χ4v) is 5.38. The summed E-state index contributed by atoms with van der Waals surface area (Å²) in [5.74, 6) is 1.30. The van der Waals surface area contributed by atoms with Gasteiger partial charge in [-0.2, -0.15) is 0 Å². The van der Waals surface area contributed by atoms with Gasteiger partial charge in [-0.25, -0.2) is 14.6 Å². The highest BCUT2D eigenvalue weighted by molar-refractivity contribution is 5.98. The highest BCUT2D eigenvalue weighted by Gasteiger charge is 2.26. The molecular formula is C29H32N8O2. The molecule has 1 amide bonds. The van der Waals surface area contributed by atoms with Crippen molar-refractivity contribution in [1.82, 2.24) is 34.5 Å². The molecule has 1 aromatic carbocycles. The third-order valence-electron chi connectivity index (χ3n) is 7.61. The van der Waals surface area contributed by atoms with Crippen LogP contribution in [0.1, 0.15) is 33.5 Å². The number of amides is 1. The van der Waals surface area contributed by atoms with Gasteiger partial charge in [0.2, 0.25) is 0 Å². The predicted octanol–water partition coefficient (Wildman–Crippen LogP) is 2.80. The molecule has 200 valence electrons. The zero-order chi connectivity index (χ0) is 26.8. The van der Waals surface area contributed by atoms with E-state index in [1.807, 2.05) is 35.6 Å². The van der Waals surface area contributed by atoms with Crippen molar-refractivity contribution in [3.63, 3.8) is 0 Å². The SMILES string of the molecule is COc1ccc2c(c1)CCc1cnc(-n3cc(C(=O)N4CCN(CCCc5ccncc5)CC4)c(N)n3)nc1-2. The Hall–Kier alpha value is -4.31. The van der Waals surface area contributed by atoms with Crippen molar-refractivity contribution < 1.29 is 9.53 Å². The minimum absolute atomic E-state index is 0.106. The van der Waals surface area contributed by atoms with E-state index in [9.17, 15) is 4.79 Å². The summed E-state index contributed by atoms with van der Waals surface area (Å²) in [7, 11) is 1.67. The third-order valence-corrected chi connectivity index (χ3v) is 7.61. The first kappa shape index (κ1) is 25.0. The number of carbonyl (C=O) groups is 1. The molecule has 0 spiro atoms. The molecule has 1 aliphatic carbocycles.